The maximum atomic E-state index is 4.09. The maximum absolute atomic E-state index is 4.09. The second-order valence-corrected chi connectivity index (χ2v) is 22.0. The highest BCUT2D eigenvalue weighted by Gasteiger charge is 2.25. The summed E-state index contributed by atoms with van der Waals surface area (Å²) in [7, 11) is 9.79. The number of rotatable bonds is 47. The lowest BCUT2D eigenvalue weighted by atomic mass is 10.0. The monoisotopic (exact) mass is 919 g/mol. The number of quaternary nitrogens is 2. The second-order valence-electron chi connectivity index (χ2n) is 19.9. The van der Waals surface area contributed by atoms with Crippen molar-refractivity contribution in [2.45, 2.75) is 293 Å². The number of unbranched alkanes of at least 4 members (excludes halogenated alkanes) is 37. The third kappa shape index (κ3) is 39.0. The van der Waals surface area contributed by atoms with Crippen LogP contribution in [0.2, 0.25) is 0 Å². The van der Waals surface area contributed by atoms with Gasteiger partial charge in [-0.3, -0.25) is 0 Å². The van der Waals surface area contributed by atoms with Crippen LogP contribution >= 0.6 is 31.9 Å². The molecular weight excluding hydrogens is 812 g/mol. The average molecular weight is 921 g/mol. The summed E-state index contributed by atoms with van der Waals surface area (Å²) < 4.78 is 2.28. The molecule has 0 fully saturated rings. The van der Waals surface area contributed by atoms with E-state index in [4.69, 9.17) is 0 Å². The lowest BCUT2D eigenvalue weighted by molar-refractivity contribution is -0.899. The third-order valence-electron chi connectivity index (χ3n) is 13.3. The normalized spacial score (nSPS) is 13.5. The topological polar surface area (TPSA) is 0 Å². The van der Waals surface area contributed by atoms with Crippen molar-refractivity contribution in [3.05, 3.63) is 0 Å². The molecule has 0 aliphatic heterocycles. The molecule has 2 atom stereocenters. The first-order chi connectivity index (χ1) is 27.2. The van der Waals surface area contributed by atoms with E-state index >= 15 is 0 Å². The number of alkyl halides is 2. The molecule has 0 bridgehead atoms. The molecule has 0 aliphatic carbocycles. The van der Waals surface area contributed by atoms with Crippen LogP contribution in [-0.4, -0.2) is 60.1 Å². The summed E-state index contributed by atoms with van der Waals surface area (Å²) >= 11 is 8.19. The Kier molecular flexibility index (Phi) is 43.2. The highest BCUT2D eigenvalue weighted by Crippen LogP contribution is 2.25. The fraction of sp³-hybridized carbons (Fsp3) is 1.00. The molecule has 2 nitrogen and oxygen atoms in total. The molecule has 2 unspecified atom stereocenters. The Balaban J connectivity index is 3.57. The minimum absolute atomic E-state index is 0.614. The minimum atomic E-state index is 0.614. The molecule has 0 saturated carbocycles. The first-order valence-electron chi connectivity index (χ1n) is 26.1. The quantitative estimate of drug-likeness (QED) is 0.0247. The largest absolute Gasteiger partial charge is 0.317 e. The summed E-state index contributed by atoms with van der Waals surface area (Å²) in [4.78, 5) is 1.23. The molecule has 0 aromatic heterocycles. The van der Waals surface area contributed by atoms with Crippen molar-refractivity contribution in [1.29, 1.82) is 0 Å². The van der Waals surface area contributed by atoms with E-state index < -0.39 is 0 Å². The zero-order valence-corrected chi connectivity index (χ0v) is 43.1. The summed E-state index contributed by atoms with van der Waals surface area (Å²) in [6.07, 6.45) is 60.4. The van der Waals surface area contributed by atoms with Crippen molar-refractivity contribution < 1.29 is 8.97 Å². The molecular formula is C52H108Br2N2+2. The summed E-state index contributed by atoms with van der Waals surface area (Å²) in [5, 5.41) is 0. The number of hydrogen-bond acceptors (Lipinski definition) is 0. The lowest BCUT2D eigenvalue weighted by Crippen LogP contribution is -2.46. The van der Waals surface area contributed by atoms with Crippen LogP contribution in [0.3, 0.4) is 0 Å². The molecule has 0 radical (unpaired) electrons. The number of halogens is 2. The highest BCUT2D eigenvalue weighted by atomic mass is 79.9. The van der Waals surface area contributed by atoms with Crippen LogP contribution < -0.4 is 0 Å². The molecule has 56 heavy (non-hydrogen) atoms. The molecule has 0 amide bonds. The van der Waals surface area contributed by atoms with Crippen molar-refractivity contribution in [1.82, 2.24) is 0 Å². The Labute approximate surface area is 373 Å². The molecule has 338 valence electrons. The van der Waals surface area contributed by atoms with Gasteiger partial charge in [-0.25, -0.2) is 0 Å². The lowest BCUT2D eigenvalue weighted by Gasteiger charge is -2.35. The van der Waals surface area contributed by atoms with Crippen LogP contribution in [0.25, 0.3) is 0 Å². The summed E-state index contributed by atoms with van der Waals surface area (Å²) in [5.74, 6) is 0. The standard InChI is InChI=1S/C52H108Br2N2/c1-7-9-11-13-15-17-19-21-23-25-27-29-33-37-41-45-49-55(3,4)51(53)47-43-39-35-31-32-36-40-44-48-52(54)56(5,6)50-46-42-38-34-30-28-26-24-22-20-18-16-14-12-10-8-2/h51-52H,7-50H2,1-6H3/q+2. The van der Waals surface area contributed by atoms with Crippen LogP contribution in [0.5, 0.6) is 0 Å². The molecule has 0 aliphatic rings. The fourth-order valence-corrected chi connectivity index (χ4v) is 9.86. The van der Waals surface area contributed by atoms with Gasteiger partial charge in [-0.15, -0.1) is 0 Å². The average Bonchev–Trinajstić information content (AvgIpc) is 3.17. The van der Waals surface area contributed by atoms with Gasteiger partial charge in [0, 0.05) is 12.8 Å². The van der Waals surface area contributed by atoms with E-state index in [0.717, 1.165) is 8.97 Å². The van der Waals surface area contributed by atoms with Gasteiger partial charge in [0.15, 0.2) is 0 Å². The van der Waals surface area contributed by atoms with Gasteiger partial charge in [0.05, 0.1) is 41.3 Å². The predicted molar refractivity (Wildman–Crippen MR) is 265 cm³/mol. The molecule has 0 spiro atoms. The van der Waals surface area contributed by atoms with Gasteiger partial charge in [0.25, 0.3) is 0 Å². The van der Waals surface area contributed by atoms with Crippen LogP contribution in [-0.2, 0) is 0 Å². The van der Waals surface area contributed by atoms with Gasteiger partial charge in [-0.2, -0.15) is 0 Å². The first-order valence-corrected chi connectivity index (χ1v) is 27.9. The maximum Gasteiger partial charge on any atom is 0.144 e. The van der Waals surface area contributed by atoms with Gasteiger partial charge in [-0.05, 0) is 70.4 Å². The van der Waals surface area contributed by atoms with Gasteiger partial charge >= 0.3 is 0 Å². The number of hydrogen-bond donors (Lipinski definition) is 0. The Morgan fingerprint density at radius 3 is 0.607 bits per heavy atom. The Bertz CT molecular complexity index is 693. The Morgan fingerprint density at radius 2 is 0.411 bits per heavy atom. The Hall–Kier alpha value is 0.880. The minimum Gasteiger partial charge on any atom is -0.317 e. The van der Waals surface area contributed by atoms with Gasteiger partial charge in [0.1, 0.15) is 9.90 Å². The van der Waals surface area contributed by atoms with E-state index in [1.165, 1.54) is 283 Å². The first kappa shape index (κ1) is 56.9. The van der Waals surface area contributed by atoms with E-state index in [9.17, 15) is 0 Å². The molecule has 0 aromatic rings. The molecule has 4 heteroatoms. The zero-order valence-electron chi connectivity index (χ0n) is 39.9. The molecule has 0 aromatic carbocycles. The van der Waals surface area contributed by atoms with E-state index in [1.54, 1.807) is 0 Å². The van der Waals surface area contributed by atoms with E-state index in [0.29, 0.717) is 9.90 Å². The fourth-order valence-electron chi connectivity index (χ4n) is 8.80. The van der Waals surface area contributed by atoms with Gasteiger partial charge in [-0.1, -0.05) is 232 Å². The van der Waals surface area contributed by atoms with E-state index in [2.05, 4.69) is 73.9 Å². The Morgan fingerprint density at radius 1 is 0.250 bits per heavy atom. The highest BCUT2D eigenvalue weighted by molar-refractivity contribution is 9.09. The van der Waals surface area contributed by atoms with Gasteiger partial charge in [0.2, 0.25) is 0 Å². The third-order valence-corrected chi connectivity index (χ3v) is 16.5. The predicted octanol–water partition coefficient (Wildman–Crippen LogP) is 19.0. The SMILES string of the molecule is CCCCCCCCCCCCCCCCCC[N+](C)(C)C(Br)CCCCCCCCCCC(Br)[N+](C)(C)CCCCCCCCCCCCCCCCCC. The van der Waals surface area contributed by atoms with E-state index in [-0.39, 0.29) is 0 Å². The van der Waals surface area contributed by atoms with Crippen molar-refractivity contribution in [3.63, 3.8) is 0 Å². The molecule has 0 saturated heterocycles. The van der Waals surface area contributed by atoms with Crippen LogP contribution in [0.15, 0.2) is 0 Å². The zero-order chi connectivity index (χ0) is 41.3. The van der Waals surface area contributed by atoms with E-state index in [1.807, 2.05) is 0 Å². The second kappa shape index (κ2) is 42.6. The van der Waals surface area contributed by atoms with Crippen molar-refractivity contribution in [3.8, 4) is 0 Å². The van der Waals surface area contributed by atoms with Crippen LogP contribution in [0.4, 0.5) is 0 Å². The molecule has 0 heterocycles. The summed E-state index contributed by atoms with van der Waals surface area (Å²) in [5.41, 5.74) is 0. The van der Waals surface area contributed by atoms with Crippen molar-refractivity contribution >= 4 is 31.9 Å². The van der Waals surface area contributed by atoms with Crippen LogP contribution in [0, 0.1) is 0 Å². The van der Waals surface area contributed by atoms with Crippen LogP contribution in [0.1, 0.15) is 284 Å². The smallest absolute Gasteiger partial charge is 0.144 e. The summed E-state index contributed by atoms with van der Waals surface area (Å²) in [6, 6.07) is 0. The number of nitrogens with zero attached hydrogens (tertiary/aromatic N) is 2. The molecule has 0 rings (SSSR count). The van der Waals surface area contributed by atoms with Crippen molar-refractivity contribution in [2.24, 2.45) is 0 Å². The van der Waals surface area contributed by atoms with Crippen molar-refractivity contribution in [2.75, 3.05) is 41.3 Å². The summed E-state index contributed by atoms with van der Waals surface area (Å²) in [6.45, 7) is 7.26. The van der Waals surface area contributed by atoms with Gasteiger partial charge < -0.3 is 8.97 Å². The molecule has 0 N–H and O–H groups in total.